The molecule has 194 valence electrons. The number of halogens is 2. The average Bonchev–Trinajstić information content (AvgIpc) is 3.33. The van der Waals surface area contributed by atoms with E-state index in [1.807, 2.05) is 29.7 Å². The lowest BCUT2D eigenvalue weighted by molar-refractivity contribution is -0.152. The summed E-state index contributed by atoms with van der Waals surface area (Å²) in [5.41, 5.74) is -0.0594. The third kappa shape index (κ3) is 4.73. The highest BCUT2D eigenvalue weighted by molar-refractivity contribution is 6.30. The largest absolute Gasteiger partial charge is 0.384 e. The number of H-pyrrole nitrogens is 1. The van der Waals surface area contributed by atoms with Crippen molar-refractivity contribution >= 4 is 23.3 Å². The number of rotatable bonds is 4. The smallest absolute Gasteiger partial charge is 0.264 e. The molecule has 0 aliphatic carbocycles. The molecule has 4 unspecified atom stereocenters. The number of pyridine rings is 1. The number of anilines is 1. The van der Waals surface area contributed by atoms with Gasteiger partial charge in [0, 0.05) is 61.9 Å². The molecule has 4 atom stereocenters. The van der Waals surface area contributed by atoms with Crippen LogP contribution in [0.2, 0.25) is 5.02 Å². The van der Waals surface area contributed by atoms with Crippen molar-refractivity contribution in [3.05, 3.63) is 87.2 Å². The van der Waals surface area contributed by atoms with Gasteiger partial charge in [-0.1, -0.05) is 37.6 Å². The minimum atomic E-state index is -1.18. The fourth-order valence-corrected chi connectivity index (χ4v) is 5.97. The number of piperidine rings is 1. The summed E-state index contributed by atoms with van der Waals surface area (Å²) in [6.45, 7) is 5.48. The van der Waals surface area contributed by atoms with E-state index in [0.29, 0.717) is 42.6 Å². The van der Waals surface area contributed by atoms with Gasteiger partial charge in [-0.25, -0.2) is 9.49 Å². The SMILES string of the molecule is CC1CN(C(=O)C2CN(c3ccc(=O)[nH]n3)CC2c2ccc(Cl)cn2)CC(C)C1(O)c1ccc(F)cc1. The highest BCUT2D eigenvalue weighted by Crippen LogP contribution is 2.43. The van der Waals surface area contributed by atoms with Crippen LogP contribution < -0.4 is 10.5 Å². The Morgan fingerprint density at radius 3 is 2.35 bits per heavy atom. The second-order valence-corrected chi connectivity index (χ2v) is 10.6. The van der Waals surface area contributed by atoms with E-state index in [9.17, 15) is 19.1 Å². The van der Waals surface area contributed by atoms with Gasteiger partial charge in [0.15, 0.2) is 0 Å². The summed E-state index contributed by atoms with van der Waals surface area (Å²) < 4.78 is 13.5. The maximum atomic E-state index is 14.0. The molecular formula is C27H29ClFN5O3. The van der Waals surface area contributed by atoms with Gasteiger partial charge in [-0.05, 0) is 35.9 Å². The predicted molar refractivity (Wildman–Crippen MR) is 138 cm³/mol. The number of hydrogen-bond acceptors (Lipinski definition) is 6. The van der Waals surface area contributed by atoms with Crippen LogP contribution in [-0.4, -0.2) is 57.3 Å². The van der Waals surface area contributed by atoms with Gasteiger partial charge in [-0.2, -0.15) is 5.10 Å². The highest BCUT2D eigenvalue weighted by atomic mass is 35.5. The third-order valence-electron chi connectivity index (χ3n) is 7.87. The Morgan fingerprint density at radius 1 is 1.05 bits per heavy atom. The van der Waals surface area contributed by atoms with Gasteiger partial charge < -0.3 is 14.9 Å². The Bertz CT molecular complexity index is 1300. The molecule has 2 aliphatic rings. The molecule has 2 aliphatic heterocycles. The molecule has 0 radical (unpaired) electrons. The number of nitrogens with zero attached hydrogens (tertiary/aromatic N) is 4. The number of carbonyl (C=O) groups excluding carboxylic acids is 1. The number of carbonyl (C=O) groups is 1. The zero-order valence-corrected chi connectivity index (χ0v) is 21.4. The molecule has 2 aromatic heterocycles. The molecule has 10 heteroatoms. The molecule has 4 heterocycles. The normalized spacial score (nSPS) is 27.9. The number of aliphatic hydroxyl groups is 1. The maximum Gasteiger partial charge on any atom is 0.264 e. The minimum Gasteiger partial charge on any atom is -0.384 e. The molecule has 0 bridgehead atoms. The van der Waals surface area contributed by atoms with E-state index in [-0.39, 0.29) is 35.0 Å². The van der Waals surface area contributed by atoms with E-state index in [4.69, 9.17) is 11.6 Å². The molecule has 0 saturated carbocycles. The number of aromatic nitrogens is 3. The van der Waals surface area contributed by atoms with E-state index in [2.05, 4.69) is 15.2 Å². The summed E-state index contributed by atoms with van der Waals surface area (Å²) in [5, 5.41) is 18.8. The molecule has 0 spiro atoms. The zero-order chi connectivity index (χ0) is 26.3. The first-order valence-corrected chi connectivity index (χ1v) is 12.7. The van der Waals surface area contributed by atoms with Crippen molar-refractivity contribution in [2.75, 3.05) is 31.1 Å². The predicted octanol–water partition coefficient (Wildman–Crippen LogP) is 3.18. The quantitative estimate of drug-likeness (QED) is 0.542. The average molecular weight is 526 g/mol. The summed E-state index contributed by atoms with van der Waals surface area (Å²) in [5.74, 6) is -0.938. The monoisotopic (exact) mass is 525 g/mol. The van der Waals surface area contributed by atoms with Crippen LogP contribution in [0.1, 0.15) is 31.0 Å². The molecule has 2 N–H and O–H groups in total. The molecule has 1 aromatic carbocycles. The van der Waals surface area contributed by atoms with Crippen molar-refractivity contribution in [1.82, 2.24) is 20.1 Å². The van der Waals surface area contributed by atoms with Crippen molar-refractivity contribution < 1.29 is 14.3 Å². The summed E-state index contributed by atoms with van der Waals surface area (Å²) in [7, 11) is 0. The van der Waals surface area contributed by atoms with Crippen LogP contribution in [-0.2, 0) is 10.4 Å². The standard InChI is InChI=1S/C27H29ClFN5O3/c1-16-12-34(13-17(2)27(16,37)18-3-6-20(29)7-4-18)26(36)22-15-33(24-9-10-25(35)32-31-24)14-21(22)23-8-5-19(28)11-30-23/h3-11,16-17,21-22,37H,12-15H2,1-2H3,(H,32,35). The van der Waals surface area contributed by atoms with Gasteiger partial charge >= 0.3 is 0 Å². The van der Waals surface area contributed by atoms with Crippen molar-refractivity contribution in [2.24, 2.45) is 17.8 Å². The Hall–Kier alpha value is -3.30. The number of amides is 1. The van der Waals surface area contributed by atoms with Crippen LogP contribution in [0.4, 0.5) is 10.2 Å². The number of hydrogen-bond donors (Lipinski definition) is 2. The molecule has 1 amide bonds. The molecule has 2 saturated heterocycles. The summed E-state index contributed by atoms with van der Waals surface area (Å²) >= 11 is 6.06. The second kappa shape index (κ2) is 9.87. The van der Waals surface area contributed by atoms with E-state index in [0.717, 1.165) is 5.69 Å². The first kappa shape index (κ1) is 25.4. The van der Waals surface area contributed by atoms with E-state index in [1.54, 1.807) is 30.5 Å². The van der Waals surface area contributed by atoms with Gasteiger partial charge in [0.2, 0.25) is 5.91 Å². The lowest BCUT2D eigenvalue weighted by atomic mass is 9.70. The molecule has 5 rings (SSSR count). The van der Waals surface area contributed by atoms with Crippen molar-refractivity contribution in [3.63, 3.8) is 0 Å². The van der Waals surface area contributed by atoms with Crippen molar-refractivity contribution in [3.8, 4) is 0 Å². The van der Waals surface area contributed by atoms with E-state index in [1.165, 1.54) is 18.2 Å². The van der Waals surface area contributed by atoms with Crippen molar-refractivity contribution in [1.29, 1.82) is 0 Å². The Balaban J connectivity index is 1.41. The number of benzene rings is 1. The highest BCUT2D eigenvalue weighted by Gasteiger charge is 2.49. The van der Waals surface area contributed by atoms with E-state index >= 15 is 0 Å². The number of nitrogens with one attached hydrogen (secondary N) is 1. The third-order valence-corrected chi connectivity index (χ3v) is 8.09. The molecule has 2 fully saturated rings. The lowest BCUT2D eigenvalue weighted by Crippen LogP contribution is -2.57. The fraction of sp³-hybridized carbons (Fsp3) is 0.407. The van der Waals surface area contributed by atoms with Gasteiger partial charge in [0.1, 0.15) is 11.6 Å². The lowest BCUT2D eigenvalue weighted by Gasteiger charge is -2.48. The van der Waals surface area contributed by atoms with Gasteiger partial charge in [-0.3, -0.25) is 14.6 Å². The van der Waals surface area contributed by atoms with Gasteiger partial charge in [0.05, 0.1) is 16.5 Å². The number of aromatic amines is 1. The first-order valence-electron chi connectivity index (χ1n) is 12.4. The summed E-state index contributed by atoms with van der Waals surface area (Å²) in [6, 6.07) is 12.6. The Kier molecular flexibility index (Phi) is 6.76. The fourth-order valence-electron chi connectivity index (χ4n) is 5.86. The summed E-state index contributed by atoms with van der Waals surface area (Å²) in [6.07, 6.45) is 1.58. The van der Waals surface area contributed by atoms with Crippen LogP contribution in [0, 0.1) is 23.6 Å². The Morgan fingerprint density at radius 2 is 1.76 bits per heavy atom. The summed E-state index contributed by atoms with van der Waals surface area (Å²) in [4.78, 5) is 33.8. The number of likely N-dealkylation sites (tertiary alicyclic amines) is 1. The molecule has 37 heavy (non-hydrogen) atoms. The molecule has 3 aromatic rings. The maximum absolute atomic E-state index is 14.0. The molecule has 8 nitrogen and oxygen atoms in total. The Labute approximate surface area is 219 Å². The first-order chi connectivity index (χ1) is 17.7. The molecular weight excluding hydrogens is 497 g/mol. The van der Waals surface area contributed by atoms with Crippen LogP contribution in [0.25, 0.3) is 0 Å². The van der Waals surface area contributed by atoms with Crippen LogP contribution in [0.15, 0.2) is 59.5 Å². The zero-order valence-electron chi connectivity index (χ0n) is 20.6. The topological polar surface area (TPSA) is 102 Å². The minimum absolute atomic E-state index is 0.0199. The second-order valence-electron chi connectivity index (χ2n) is 10.2. The van der Waals surface area contributed by atoms with Gasteiger partial charge in [-0.15, -0.1) is 0 Å². The van der Waals surface area contributed by atoms with Crippen molar-refractivity contribution in [2.45, 2.75) is 25.4 Å². The van der Waals surface area contributed by atoms with Gasteiger partial charge in [0.25, 0.3) is 5.56 Å². The van der Waals surface area contributed by atoms with E-state index < -0.39 is 11.5 Å². The van der Waals surface area contributed by atoms with Crippen LogP contribution >= 0.6 is 11.6 Å². The van der Waals surface area contributed by atoms with Crippen LogP contribution in [0.5, 0.6) is 0 Å². The van der Waals surface area contributed by atoms with Crippen LogP contribution in [0.3, 0.4) is 0 Å².